The van der Waals surface area contributed by atoms with E-state index in [1.165, 1.54) is 0 Å². The van der Waals surface area contributed by atoms with Crippen LogP contribution in [0, 0.1) is 0 Å². The fourth-order valence-electron chi connectivity index (χ4n) is 2.30. The Hall–Kier alpha value is -1.14. The average molecular weight is 314 g/mol. The van der Waals surface area contributed by atoms with E-state index in [9.17, 15) is 16.8 Å². The van der Waals surface area contributed by atoms with Gasteiger partial charge in [0.15, 0.2) is 19.7 Å². The Morgan fingerprint density at radius 3 is 2.15 bits per heavy atom. The van der Waals surface area contributed by atoms with E-state index in [-0.39, 0.29) is 21.3 Å². The molecule has 1 aromatic rings. The van der Waals surface area contributed by atoms with E-state index < -0.39 is 19.7 Å². The zero-order valence-corrected chi connectivity index (χ0v) is 13.0. The molecule has 1 aromatic carbocycles. The van der Waals surface area contributed by atoms with Crippen molar-refractivity contribution in [2.45, 2.75) is 26.2 Å². The second kappa shape index (κ2) is 5.69. The van der Waals surface area contributed by atoms with E-state index in [0.29, 0.717) is 18.4 Å². The summed E-state index contributed by atoms with van der Waals surface area (Å²) in [5.74, 6) is -0.625. The highest BCUT2D eigenvalue weighted by Gasteiger charge is 2.36. The van der Waals surface area contributed by atoms with E-state index in [1.54, 1.807) is 30.3 Å². The summed E-state index contributed by atoms with van der Waals surface area (Å²) in [6, 6.07) is 8.52. The van der Waals surface area contributed by atoms with Crippen molar-refractivity contribution < 1.29 is 16.8 Å². The molecule has 20 heavy (non-hydrogen) atoms. The number of sulfone groups is 2. The van der Waals surface area contributed by atoms with Crippen LogP contribution >= 0.6 is 0 Å². The van der Waals surface area contributed by atoms with E-state index in [4.69, 9.17) is 0 Å². The van der Waals surface area contributed by atoms with Crippen LogP contribution in [0.2, 0.25) is 0 Å². The lowest BCUT2D eigenvalue weighted by Crippen LogP contribution is -2.27. The summed E-state index contributed by atoms with van der Waals surface area (Å²) in [5, 5.41) is 0. The first kappa shape index (κ1) is 15.3. The van der Waals surface area contributed by atoms with Gasteiger partial charge in [-0.05, 0) is 18.4 Å². The summed E-state index contributed by atoms with van der Waals surface area (Å²) in [4.78, 5) is 0.106. The molecule has 0 aromatic heterocycles. The average Bonchev–Trinajstić information content (AvgIpc) is 2.41. The van der Waals surface area contributed by atoms with Gasteiger partial charge in [0.25, 0.3) is 0 Å². The molecule has 0 N–H and O–H groups in total. The van der Waals surface area contributed by atoms with Crippen LogP contribution in [-0.2, 0) is 19.7 Å². The Balaban J connectivity index is 2.71. The molecule has 110 valence electrons. The quantitative estimate of drug-likeness (QED) is 0.855. The lowest BCUT2D eigenvalue weighted by molar-refractivity contribution is 0.590. The molecule has 4 nitrogen and oxygen atoms in total. The Morgan fingerprint density at radius 1 is 0.950 bits per heavy atom. The van der Waals surface area contributed by atoms with Crippen LogP contribution in [0.25, 0.3) is 4.91 Å². The molecule has 0 spiro atoms. The topological polar surface area (TPSA) is 68.3 Å². The Morgan fingerprint density at radius 2 is 1.55 bits per heavy atom. The third-order valence-electron chi connectivity index (χ3n) is 3.35. The van der Waals surface area contributed by atoms with Gasteiger partial charge in [-0.25, -0.2) is 16.8 Å². The van der Waals surface area contributed by atoms with Crippen LogP contribution in [0.1, 0.15) is 31.7 Å². The smallest absolute Gasteiger partial charge is 0.180 e. The molecule has 1 aliphatic heterocycles. The molecule has 0 bridgehead atoms. The highest BCUT2D eigenvalue weighted by atomic mass is 32.2. The molecule has 2 rings (SSSR count). The first-order chi connectivity index (χ1) is 9.38. The van der Waals surface area contributed by atoms with Crippen LogP contribution in [0.3, 0.4) is 0 Å². The lowest BCUT2D eigenvalue weighted by Gasteiger charge is -2.21. The molecular formula is C14H18O4S2. The summed E-state index contributed by atoms with van der Waals surface area (Å²) in [6.45, 7) is 1.95. The molecule has 0 amide bonds. The molecule has 0 saturated carbocycles. The third-order valence-corrected chi connectivity index (χ3v) is 7.49. The summed E-state index contributed by atoms with van der Waals surface area (Å²) in [5.41, 5.74) is 0.474. The number of hydrogen-bond acceptors (Lipinski definition) is 4. The van der Waals surface area contributed by atoms with Crippen molar-refractivity contribution >= 4 is 24.6 Å². The standard InChI is InChI=1S/C14H18O4S2/c1-2-3-9-13-14(12-7-5-4-6-8-12)20(17,18)11-10-19(13,15)16/h4-8H,2-3,9-11H2,1H3. The van der Waals surface area contributed by atoms with Crippen molar-refractivity contribution in [3.8, 4) is 0 Å². The van der Waals surface area contributed by atoms with Gasteiger partial charge in [-0.2, -0.15) is 0 Å². The molecule has 6 heteroatoms. The zero-order chi connectivity index (χ0) is 14.8. The minimum Gasteiger partial charge on any atom is -0.224 e. The SMILES string of the molecule is CCCCC1=C(c2ccccc2)S(=O)(=O)CCS1(=O)=O. The largest absolute Gasteiger partial charge is 0.224 e. The predicted octanol–water partition coefficient (Wildman–Crippen LogP) is 2.39. The van der Waals surface area contributed by atoms with Crippen LogP contribution in [0.5, 0.6) is 0 Å². The van der Waals surface area contributed by atoms with Crippen molar-refractivity contribution in [3.05, 3.63) is 40.8 Å². The minimum atomic E-state index is -3.53. The predicted molar refractivity (Wildman–Crippen MR) is 80.5 cm³/mol. The second-order valence-electron chi connectivity index (χ2n) is 4.86. The molecule has 0 unspecified atom stereocenters. The van der Waals surface area contributed by atoms with Gasteiger partial charge >= 0.3 is 0 Å². The highest BCUT2D eigenvalue weighted by molar-refractivity contribution is 8.06. The molecular weight excluding hydrogens is 296 g/mol. The molecule has 0 atom stereocenters. The molecule has 1 heterocycles. The number of rotatable bonds is 4. The Bertz CT molecular complexity index is 714. The van der Waals surface area contributed by atoms with Gasteiger partial charge in [-0.1, -0.05) is 43.7 Å². The zero-order valence-electron chi connectivity index (χ0n) is 11.4. The monoisotopic (exact) mass is 314 g/mol. The van der Waals surface area contributed by atoms with Gasteiger partial charge < -0.3 is 0 Å². The summed E-state index contributed by atoms with van der Waals surface area (Å²) >= 11 is 0. The first-order valence-electron chi connectivity index (χ1n) is 6.62. The molecule has 0 aliphatic carbocycles. The number of hydrogen-bond donors (Lipinski definition) is 0. The molecule has 0 fully saturated rings. The first-order valence-corrected chi connectivity index (χ1v) is 9.93. The summed E-state index contributed by atoms with van der Waals surface area (Å²) < 4.78 is 49.1. The van der Waals surface area contributed by atoms with Gasteiger partial charge in [-0.15, -0.1) is 0 Å². The van der Waals surface area contributed by atoms with Crippen molar-refractivity contribution in [3.63, 3.8) is 0 Å². The molecule has 1 aliphatic rings. The molecule has 0 saturated heterocycles. The highest BCUT2D eigenvalue weighted by Crippen LogP contribution is 2.35. The van der Waals surface area contributed by atoms with E-state index >= 15 is 0 Å². The maximum Gasteiger partial charge on any atom is 0.180 e. The van der Waals surface area contributed by atoms with Crippen LogP contribution in [-0.4, -0.2) is 28.3 Å². The van der Waals surface area contributed by atoms with Gasteiger partial charge in [0.1, 0.15) is 0 Å². The van der Waals surface area contributed by atoms with Crippen LogP contribution in [0.4, 0.5) is 0 Å². The van der Waals surface area contributed by atoms with Gasteiger partial charge in [0.2, 0.25) is 0 Å². The maximum absolute atomic E-state index is 12.3. The summed E-state index contributed by atoms with van der Waals surface area (Å²) in [7, 11) is -6.99. The van der Waals surface area contributed by atoms with E-state index in [0.717, 1.165) is 6.42 Å². The fraction of sp³-hybridized carbons (Fsp3) is 0.429. The Kier molecular flexibility index (Phi) is 4.34. The normalized spacial score (nSPS) is 20.9. The van der Waals surface area contributed by atoms with Crippen molar-refractivity contribution in [1.29, 1.82) is 0 Å². The number of allylic oxidation sites excluding steroid dienone is 1. The van der Waals surface area contributed by atoms with E-state index in [2.05, 4.69) is 0 Å². The summed E-state index contributed by atoms with van der Waals surface area (Å²) in [6.07, 6.45) is 1.78. The second-order valence-corrected chi connectivity index (χ2v) is 9.04. The maximum atomic E-state index is 12.3. The van der Waals surface area contributed by atoms with Gasteiger partial charge in [-0.3, -0.25) is 0 Å². The fourth-order valence-corrected chi connectivity index (χ4v) is 7.06. The molecule has 0 radical (unpaired) electrons. The Labute approximate surface area is 120 Å². The number of benzene rings is 1. The van der Waals surface area contributed by atoms with Crippen molar-refractivity contribution in [2.24, 2.45) is 0 Å². The van der Waals surface area contributed by atoms with Crippen LogP contribution < -0.4 is 0 Å². The van der Waals surface area contributed by atoms with Gasteiger partial charge in [0, 0.05) is 0 Å². The van der Waals surface area contributed by atoms with E-state index in [1.807, 2.05) is 6.92 Å². The van der Waals surface area contributed by atoms with Crippen LogP contribution in [0.15, 0.2) is 35.2 Å². The van der Waals surface area contributed by atoms with Crippen molar-refractivity contribution in [1.82, 2.24) is 0 Å². The minimum absolute atomic E-state index is 0.0119. The number of unbranched alkanes of at least 4 members (excludes halogenated alkanes) is 1. The lowest BCUT2D eigenvalue weighted by atomic mass is 10.1. The third kappa shape index (κ3) is 2.96. The van der Waals surface area contributed by atoms with Gasteiger partial charge in [0.05, 0.1) is 21.3 Å². The van der Waals surface area contributed by atoms with Crippen molar-refractivity contribution in [2.75, 3.05) is 11.5 Å².